The Morgan fingerprint density at radius 3 is 2.36 bits per heavy atom. The summed E-state index contributed by atoms with van der Waals surface area (Å²) in [6, 6.07) is 0. The summed E-state index contributed by atoms with van der Waals surface area (Å²) in [4.78, 5) is 0. The van der Waals surface area contributed by atoms with Crippen LogP contribution in [0.5, 0.6) is 0 Å². The lowest BCUT2D eigenvalue weighted by atomic mass is 10.1. The summed E-state index contributed by atoms with van der Waals surface area (Å²) in [5.41, 5.74) is 0. The van der Waals surface area contributed by atoms with E-state index in [4.69, 9.17) is 14.6 Å². The number of aliphatic hydroxyl groups excluding tert-OH is 1. The lowest BCUT2D eigenvalue weighted by Crippen LogP contribution is -2.08. The van der Waals surface area contributed by atoms with Gasteiger partial charge in [0, 0.05) is 6.61 Å². The fraction of sp³-hybridized carbons (Fsp3) is 1.00. The standard InChI is InChI=1S/C11H22O3/c12-8-6-4-2-1-3-5-7-11-9-13-10-14-11/h11-12H,1-10H2. The van der Waals surface area contributed by atoms with Crippen LogP contribution in [0.1, 0.15) is 44.9 Å². The first-order valence-corrected chi connectivity index (χ1v) is 5.73. The summed E-state index contributed by atoms with van der Waals surface area (Å²) in [7, 11) is 0. The van der Waals surface area contributed by atoms with Crippen LogP contribution in [0.25, 0.3) is 0 Å². The second kappa shape index (κ2) is 8.21. The van der Waals surface area contributed by atoms with E-state index < -0.39 is 0 Å². The highest BCUT2D eigenvalue weighted by Crippen LogP contribution is 2.13. The van der Waals surface area contributed by atoms with Gasteiger partial charge in [0.05, 0.1) is 12.7 Å². The number of unbranched alkanes of at least 4 members (excludes halogenated alkanes) is 5. The highest BCUT2D eigenvalue weighted by Gasteiger charge is 2.14. The van der Waals surface area contributed by atoms with Crippen LogP contribution in [0, 0.1) is 0 Å². The number of rotatable bonds is 8. The summed E-state index contributed by atoms with van der Waals surface area (Å²) in [5, 5.41) is 8.58. The largest absolute Gasteiger partial charge is 0.396 e. The van der Waals surface area contributed by atoms with E-state index in [0.29, 0.717) is 19.5 Å². The Balaban J connectivity index is 1.75. The Morgan fingerprint density at radius 1 is 1.00 bits per heavy atom. The van der Waals surface area contributed by atoms with Crippen molar-refractivity contribution in [2.24, 2.45) is 0 Å². The Kier molecular flexibility index (Phi) is 7.01. The van der Waals surface area contributed by atoms with E-state index in [-0.39, 0.29) is 0 Å². The van der Waals surface area contributed by atoms with E-state index in [1.165, 1.54) is 32.1 Å². The van der Waals surface area contributed by atoms with Crippen molar-refractivity contribution in [3.05, 3.63) is 0 Å². The zero-order valence-corrected chi connectivity index (χ0v) is 8.91. The molecule has 14 heavy (non-hydrogen) atoms. The smallest absolute Gasteiger partial charge is 0.147 e. The van der Waals surface area contributed by atoms with Crippen molar-refractivity contribution >= 4 is 0 Å². The minimum atomic E-state index is 0.341. The van der Waals surface area contributed by atoms with E-state index >= 15 is 0 Å². The number of ether oxygens (including phenoxy) is 2. The quantitative estimate of drug-likeness (QED) is 0.612. The molecule has 1 unspecified atom stereocenters. The van der Waals surface area contributed by atoms with Gasteiger partial charge in [-0.1, -0.05) is 32.1 Å². The van der Waals surface area contributed by atoms with Gasteiger partial charge in [0.25, 0.3) is 0 Å². The van der Waals surface area contributed by atoms with Crippen molar-refractivity contribution in [1.82, 2.24) is 0 Å². The Morgan fingerprint density at radius 2 is 1.71 bits per heavy atom. The maximum absolute atomic E-state index is 8.58. The molecule has 0 spiro atoms. The van der Waals surface area contributed by atoms with Gasteiger partial charge in [-0.3, -0.25) is 0 Å². The molecule has 1 atom stereocenters. The van der Waals surface area contributed by atoms with Gasteiger partial charge in [-0.15, -0.1) is 0 Å². The first kappa shape index (κ1) is 12.0. The molecule has 3 nitrogen and oxygen atoms in total. The van der Waals surface area contributed by atoms with Crippen LogP contribution in [-0.2, 0) is 9.47 Å². The predicted molar refractivity (Wildman–Crippen MR) is 55.1 cm³/mol. The molecule has 0 radical (unpaired) electrons. The molecule has 0 saturated carbocycles. The van der Waals surface area contributed by atoms with Gasteiger partial charge in [-0.05, 0) is 12.8 Å². The molecule has 1 rings (SSSR count). The molecule has 0 aromatic rings. The third kappa shape index (κ3) is 5.58. The van der Waals surface area contributed by atoms with Crippen LogP contribution in [0.2, 0.25) is 0 Å². The summed E-state index contributed by atoms with van der Waals surface area (Å²) < 4.78 is 10.5. The lowest BCUT2D eigenvalue weighted by molar-refractivity contribution is 0.0440. The number of hydrogen-bond donors (Lipinski definition) is 1. The summed E-state index contributed by atoms with van der Waals surface area (Å²) >= 11 is 0. The van der Waals surface area contributed by atoms with Crippen LogP contribution < -0.4 is 0 Å². The van der Waals surface area contributed by atoms with Gasteiger partial charge < -0.3 is 14.6 Å². The molecule has 0 bridgehead atoms. The third-order valence-corrected chi connectivity index (χ3v) is 2.63. The van der Waals surface area contributed by atoms with E-state index in [1.54, 1.807) is 0 Å². The first-order valence-electron chi connectivity index (χ1n) is 5.73. The second-order valence-electron chi connectivity index (χ2n) is 3.91. The number of aliphatic hydroxyl groups is 1. The zero-order chi connectivity index (χ0) is 10.1. The summed E-state index contributed by atoms with van der Waals surface area (Å²) in [6.45, 7) is 1.61. The molecule has 0 aliphatic carbocycles. The first-order chi connectivity index (χ1) is 6.93. The van der Waals surface area contributed by atoms with Crippen molar-refractivity contribution in [2.75, 3.05) is 20.0 Å². The lowest BCUT2D eigenvalue weighted by Gasteiger charge is -2.06. The summed E-state index contributed by atoms with van der Waals surface area (Å²) in [6.07, 6.45) is 8.68. The molecule has 1 N–H and O–H groups in total. The molecule has 1 aliphatic heterocycles. The maximum atomic E-state index is 8.58. The molecule has 84 valence electrons. The number of hydrogen-bond acceptors (Lipinski definition) is 3. The van der Waals surface area contributed by atoms with Crippen molar-refractivity contribution in [1.29, 1.82) is 0 Å². The van der Waals surface area contributed by atoms with E-state index in [2.05, 4.69) is 0 Å². The van der Waals surface area contributed by atoms with E-state index in [1.807, 2.05) is 0 Å². The maximum Gasteiger partial charge on any atom is 0.147 e. The van der Waals surface area contributed by atoms with Crippen molar-refractivity contribution in [2.45, 2.75) is 51.0 Å². The molecule has 1 saturated heterocycles. The van der Waals surface area contributed by atoms with Crippen LogP contribution in [0.3, 0.4) is 0 Å². The third-order valence-electron chi connectivity index (χ3n) is 2.63. The predicted octanol–water partition coefficient (Wildman–Crippen LogP) is 2.08. The molecule has 0 aromatic heterocycles. The molecule has 0 amide bonds. The van der Waals surface area contributed by atoms with Crippen molar-refractivity contribution < 1.29 is 14.6 Å². The van der Waals surface area contributed by atoms with Crippen LogP contribution in [0.15, 0.2) is 0 Å². The Bertz CT molecular complexity index is 122. The molecule has 0 aromatic carbocycles. The molecule has 1 fully saturated rings. The monoisotopic (exact) mass is 202 g/mol. The Hall–Kier alpha value is -0.120. The average Bonchev–Trinajstić information content (AvgIpc) is 2.69. The van der Waals surface area contributed by atoms with Crippen LogP contribution >= 0.6 is 0 Å². The van der Waals surface area contributed by atoms with Crippen LogP contribution in [-0.4, -0.2) is 31.2 Å². The molecular formula is C11H22O3. The molecular weight excluding hydrogens is 180 g/mol. The van der Waals surface area contributed by atoms with E-state index in [0.717, 1.165) is 19.4 Å². The van der Waals surface area contributed by atoms with Gasteiger partial charge in [0.2, 0.25) is 0 Å². The average molecular weight is 202 g/mol. The van der Waals surface area contributed by atoms with Gasteiger partial charge in [-0.2, -0.15) is 0 Å². The minimum absolute atomic E-state index is 0.341. The summed E-state index contributed by atoms with van der Waals surface area (Å²) in [5.74, 6) is 0. The van der Waals surface area contributed by atoms with Crippen LogP contribution in [0.4, 0.5) is 0 Å². The second-order valence-corrected chi connectivity index (χ2v) is 3.91. The zero-order valence-electron chi connectivity index (χ0n) is 8.91. The Labute approximate surface area is 86.4 Å². The minimum Gasteiger partial charge on any atom is -0.396 e. The topological polar surface area (TPSA) is 38.7 Å². The fourth-order valence-electron chi connectivity index (χ4n) is 1.73. The van der Waals surface area contributed by atoms with Gasteiger partial charge >= 0.3 is 0 Å². The molecule has 1 heterocycles. The van der Waals surface area contributed by atoms with E-state index in [9.17, 15) is 0 Å². The molecule has 3 heteroatoms. The fourth-order valence-corrected chi connectivity index (χ4v) is 1.73. The SMILES string of the molecule is OCCCCCCCCC1COCO1. The molecule has 1 aliphatic rings. The van der Waals surface area contributed by atoms with Crippen molar-refractivity contribution in [3.63, 3.8) is 0 Å². The van der Waals surface area contributed by atoms with Gasteiger partial charge in [-0.25, -0.2) is 0 Å². The van der Waals surface area contributed by atoms with Gasteiger partial charge in [0.15, 0.2) is 0 Å². The normalized spacial score (nSPS) is 21.6. The highest BCUT2D eigenvalue weighted by molar-refractivity contribution is 4.60. The van der Waals surface area contributed by atoms with Crippen molar-refractivity contribution in [3.8, 4) is 0 Å². The highest BCUT2D eigenvalue weighted by atomic mass is 16.7. The van der Waals surface area contributed by atoms with Gasteiger partial charge in [0.1, 0.15) is 6.79 Å².